The molecular weight excluding hydrogens is 588 g/mol. The number of rotatable bonds is 8. The van der Waals surface area contributed by atoms with Crippen molar-refractivity contribution in [3.63, 3.8) is 0 Å². The molecule has 1 saturated heterocycles. The Balaban J connectivity index is 0.000000853. The average molecular weight is 638 g/mol. The van der Waals surface area contributed by atoms with Gasteiger partial charge in [-0.25, -0.2) is 18.7 Å². The van der Waals surface area contributed by atoms with Crippen LogP contribution in [0.1, 0.15) is 127 Å². The molecule has 2 aliphatic heterocycles. The van der Waals surface area contributed by atoms with Gasteiger partial charge < -0.3 is 15.4 Å². The number of aromatic nitrogens is 2. The van der Waals surface area contributed by atoms with Crippen LogP contribution in [0.2, 0.25) is 0 Å². The molecule has 0 bridgehead atoms. The first-order chi connectivity index (χ1) is 21.6. The van der Waals surface area contributed by atoms with E-state index in [0.29, 0.717) is 46.6 Å². The number of unbranched alkanes of at least 4 members (excludes halogenated alkanes) is 1. The lowest BCUT2D eigenvalue weighted by Gasteiger charge is -2.48. The molecule has 0 radical (unpaired) electrons. The predicted molar refractivity (Wildman–Crippen MR) is 185 cm³/mol. The summed E-state index contributed by atoms with van der Waals surface area (Å²) in [6.45, 7) is 20.3. The zero-order valence-electron chi connectivity index (χ0n) is 28.5. The summed E-state index contributed by atoms with van der Waals surface area (Å²) in [4.78, 5) is 11.6. The van der Waals surface area contributed by atoms with Crippen molar-refractivity contribution in [3.05, 3.63) is 56.4 Å². The van der Waals surface area contributed by atoms with Crippen molar-refractivity contribution >= 4 is 44.6 Å². The summed E-state index contributed by atoms with van der Waals surface area (Å²) >= 11 is 1.00. The highest BCUT2D eigenvalue weighted by molar-refractivity contribution is 7.17. The Hall–Kier alpha value is -3.35. The summed E-state index contributed by atoms with van der Waals surface area (Å²) in [5.74, 6) is -0.523. The van der Waals surface area contributed by atoms with E-state index in [1.165, 1.54) is 18.9 Å². The first kappa shape index (κ1) is 36.1. The Morgan fingerprint density at radius 3 is 2.33 bits per heavy atom. The summed E-state index contributed by atoms with van der Waals surface area (Å²) in [7, 11) is 0. The number of ether oxygens (including phenoxy) is 1. The number of benzene rings is 1. The lowest BCUT2D eigenvalue weighted by molar-refractivity contribution is 0.134. The van der Waals surface area contributed by atoms with E-state index in [-0.39, 0.29) is 33.0 Å². The van der Waals surface area contributed by atoms with Gasteiger partial charge in [0.05, 0.1) is 23.7 Å². The van der Waals surface area contributed by atoms with Gasteiger partial charge in [0, 0.05) is 41.2 Å². The third-order valence-corrected chi connectivity index (χ3v) is 9.47. The molecule has 4 heterocycles. The van der Waals surface area contributed by atoms with E-state index >= 15 is 8.78 Å². The molecule has 0 spiro atoms. The highest BCUT2D eigenvalue weighted by Gasteiger charge is 2.39. The fourth-order valence-electron chi connectivity index (χ4n) is 5.92. The van der Waals surface area contributed by atoms with E-state index in [4.69, 9.17) is 15.5 Å². The van der Waals surface area contributed by atoms with Gasteiger partial charge >= 0.3 is 0 Å². The second-order valence-corrected chi connectivity index (χ2v) is 12.8. The number of nitrogens with two attached hydrogens (primary N) is 1. The zero-order valence-corrected chi connectivity index (χ0v) is 29.3. The topological polar surface area (TPSA) is 88.1 Å². The smallest absolute Gasteiger partial charge is 0.226 e. The molecule has 244 valence electrons. The van der Waals surface area contributed by atoms with Gasteiger partial charge in [-0.2, -0.15) is 5.26 Å². The van der Waals surface area contributed by atoms with E-state index < -0.39 is 11.6 Å². The van der Waals surface area contributed by atoms with Crippen molar-refractivity contribution in [2.24, 2.45) is 5.41 Å². The predicted octanol–water partition coefficient (Wildman–Crippen LogP) is 10.3. The minimum atomic E-state index is -0.516. The van der Waals surface area contributed by atoms with Gasteiger partial charge in [-0.05, 0) is 43.4 Å². The minimum Gasteiger partial charge on any atom is -0.389 e. The third kappa shape index (κ3) is 7.07. The molecule has 0 atom stereocenters. The molecule has 0 unspecified atom stereocenters. The number of thiophene rings is 1. The zero-order chi connectivity index (χ0) is 33.5. The monoisotopic (exact) mass is 637 g/mol. The van der Waals surface area contributed by atoms with Crippen molar-refractivity contribution < 1.29 is 13.5 Å². The number of nitrogens with zero attached hydrogens (tertiary/aromatic N) is 4. The maximum Gasteiger partial charge on any atom is 0.226 e. The molecule has 0 saturated carbocycles. The van der Waals surface area contributed by atoms with E-state index in [9.17, 15) is 5.26 Å². The van der Waals surface area contributed by atoms with Gasteiger partial charge in [0.25, 0.3) is 0 Å². The van der Waals surface area contributed by atoms with Crippen LogP contribution in [0.15, 0.2) is 17.8 Å². The lowest BCUT2D eigenvalue weighted by Crippen LogP contribution is -2.55. The van der Waals surface area contributed by atoms with Crippen LogP contribution in [0.25, 0.3) is 22.3 Å². The molecule has 3 aromatic rings. The Labute approximate surface area is 272 Å². The normalized spacial score (nSPS) is 15.7. The Bertz CT molecular complexity index is 1610. The Morgan fingerprint density at radius 1 is 1.13 bits per heavy atom. The molecule has 1 fully saturated rings. The summed E-state index contributed by atoms with van der Waals surface area (Å²) in [6.07, 6.45) is 8.45. The van der Waals surface area contributed by atoms with Crippen LogP contribution in [0.5, 0.6) is 0 Å². The SMILES string of the molecule is C/C=C(/F)c1sc(N)c(C#N)c1/C(=C(\C)CC)c1c2c(c3cnc(N4CC(C)(CCC)C4)nc3c1F)COC2.CC.CCCC. The van der Waals surface area contributed by atoms with Gasteiger partial charge in [0.1, 0.15) is 22.4 Å². The molecular formula is C36H49F2N5OS. The van der Waals surface area contributed by atoms with Gasteiger partial charge in [-0.15, -0.1) is 11.3 Å². The van der Waals surface area contributed by atoms with Crippen LogP contribution in [0.3, 0.4) is 0 Å². The number of nitrogen functional groups attached to an aromatic ring is 1. The van der Waals surface area contributed by atoms with Crippen molar-refractivity contribution in [1.29, 1.82) is 5.26 Å². The van der Waals surface area contributed by atoms with Crippen molar-refractivity contribution in [2.75, 3.05) is 23.7 Å². The number of nitriles is 1. The Kier molecular flexibility index (Phi) is 12.7. The fraction of sp³-hybridized carbons (Fsp3) is 0.528. The average Bonchev–Trinajstić information content (AvgIpc) is 3.66. The molecule has 9 heteroatoms. The molecule has 6 nitrogen and oxygen atoms in total. The van der Waals surface area contributed by atoms with Crippen LogP contribution in [0.4, 0.5) is 19.7 Å². The second-order valence-electron chi connectivity index (χ2n) is 11.8. The quantitative estimate of drug-likeness (QED) is 0.264. The highest BCUT2D eigenvalue weighted by Crippen LogP contribution is 2.47. The highest BCUT2D eigenvalue weighted by atomic mass is 32.1. The Morgan fingerprint density at radius 2 is 1.78 bits per heavy atom. The summed E-state index contributed by atoms with van der Waals surface area (Å²) < 4.78 is 37.8. The van der Waals surface area contributed by atoms with Gasteiger partial charge in [-0.1, -0.05) is 79.4 Å². The molecule has 0 amide bonds. The molecule has 45 heavy (non-hydrogen) atoms. The molecule has 2 aromatic heterocycles. The van der Waals surface area contributed by atoms with Crippen molar-refractivity contribution in [1.82, 2.24) is 9.97 Å². The van der Waals surface area contributed by atoms with Crippen LogP contribution in [0, 0.1) is 22.6 Å². The van der Waals surface area contributed by atoms with E-state index in [1.54, 1.807) is 13.1 Å². The maximum absolute atomic E-state index is 16.8. The minimum absolute atomic E-state index is 0.154. The number of fused-ring (bicyclic) bond motifs is 3. The van der Waals surface area contributed by atoms with Crippen molar-refractivity contribution in [3.8, 4) is 6.07 Å². The van der Waals surface area contributed by atoms with Gasteiger partial charge in [0.15, 0.2) is 5.82 Å². The van der Waals surface area contributed by atoms with Crippen LogP contribution < -0.4 is 10.6 Å². The van der Waals surface area contributed by atoms with Crippen LogP contribution >= 0.6 is 11.3 Å². The number of allylic oxidation sites excluding steroid dienone is 2. The van der Waals surface area contributed by atoms with E-state index in [0.717, 1.165) is 48.4 Å². The second kappa shape index (κ2) is 15.8. The van der Waals surface area contributed by atoms with E-state index in [2.05, 4.69) is 43.6 Å². The van der Waals surface area contributed by atoms with E-state index in [1.807, 2.05) is 27.7 Å². The maximum atomic E-state index is 16.8. The van der Waals surface area contributed by atoms with Gasteiger partial charge in [-0.3, -0.25) is 0 Å². The lowest BCUT2D eigenvalue weighted by atomic mass is 9.78. The number of hydrogen-bond donors (Lipinski definition) is 1. The summed E-state index contributed by atoms with van der Waals surface area (Å²) in [5, 5.41) is 10.8. The number of anilines is 2. The molecule has 5 rings (SSSR count). The molecule has 2 N–H and O–H groups in total. The molecule has 0 aliphatic carbocycles. The van der Waals surface area contributed by atoms with Crippen molar-refractivity contribution in [2.45, 2.75) is 108 Å². The summed E-state index contributed by atoms with van der Waals surface area (Å²) in [6, 6.07) is 2.15. The third-order valence-electron chi connectivity index (χ3n) is 8.44. The number of halogens is 2. The standard InChI is InChI=1S/C30H33F2N5OS.C4H10.C2H6/c1-6-9-30(5)14-37(15-30)29-35-11-18-19-12-38-13-20(19)23(25(32)26(18)36-29)22(16(4)7-2)24-17(10-33)28(34)39-27(24)21(31)8-3;1-3-4-2;1-2/h8,11H,6-7,9,12-15,34H2,1-5H3;3-4H2,1-2H3;1-2H3/b21-8+,22-16+;;. The first-order valence-electron chi connectivity index (χ1n) is 16.3. The summed E-state index contributed by atoms with van der Waals surface area (Å²) in [5.41, 5.74) is 10.2. The van der Waals surface area contributed by atoms with Crippen LogP contribution in [-0.2, 0) is 18.0 Å². The molecule has 1 aromatic carbocycles. The number of hydrogen-bond acceptors (Lipinski definition) is 7. The van der Waals surface area contributed by atoms with Gasteiger partial charge in [0.2, 0.25) is 5.95 Å². The largest absolute Gasteiger partial charge is 0.389 e. The first-order valence-corrected chi connectivity index (χ1v) is 17.1. The van der Waals surface area contributed by atoms with Crippen LogP contribution in [-0.4, -0.2) is 23.1 Å². The fourth-order valence-corrected chi connectivity index (χ4v) is 6.91. The molecule has 2 aliphatic rings.